The van der Waals surface area contributed by atoms with Crippen LogP contribution in [0.15, 0.2) is 30.5 Å². The summed E-state index contributed by atoms with van der Waals surface area (Å²) >= 11 is 0. The van der Waals surface area contributed by atoms with E-state index in [0.717, 1.165) is 23.0 Å². The van der Waals surface area contributed by atoms with Crippen molar-refractivity contribution in [3.63, 3.8) is 0 Å². The summed E-state index contributed by atoms with van der Waals surface area (Å²) < 4.78 is 0. The molecule has 2 heterocycles. The van der Waals surface area contributed by atoms with E-state index in [1.807, 2.05) is 29.3 Å². The fraction of sp³-hybridized carbons (Fsp3) is 0.438. The molecule has 1 amide bonds. The molecule has 0 bridgehead atoms. The van der Waals surface area contributed by atoms with Crippen LogP contribution < -0.4 is 5.73 Å². The zero-order valence-electron chi connectivity index (χ0n) is 12.0. The van der Waals surface area contributed by atoms with Crippen molar-refractivity contribution in [3.05, 3.63) is 36.0 Å². The zero-order valence-corrected chi connectivity index (χ0v) is 12.0. The maximum atomic E-state index is 12.2. The molecule has 1 aromatic heterocycles. The smallest absolute Gasteiger partial charge is 0.224 e. The number of benzene rings is 1. The Balaban J connectivity index is 2.03. The Morgan fingerprint density at radius 1 is 1.40 bits per heavy atom. The largest absolute Gasteiger partial charge is 0.361 e. The van der Waals surface area contributed by atoms with Gasteiger partial charge >= 0.3 is 0 Å². The fourth-order valence-electron chi connectivity index (χ4n) is 3.16. The van der Waals surface area contributed by atoms with E-state index >= 15 is 0 Å². The standard InChI is InChI=1S/C16H21N3O/c1-10(2)9-19-15(20)7-13(17)16(19)12-8-18-14-6-4-3-5-11(12)14/h3-6,8,10,13,16,18H,7,9,17H2,1-2H3. The van der Waals surface area contributed by atoms with Gasteiger partial charge in [-0.1, -0.05) is 32.0 Å². The normalized spacial score (nSPS) is 23.2. The Hall–Kier alpha value is -1.81. The number of nitrogens with two attached hydrogens (primary N) is 1. The van der Waals surface area contributed by atoms with Gasteiger partial charge in [0.15, 0.2) is 0 Å². The van der Waals surface area contributed by atoms with Crippen LogP contribution in [-0.4, -0.2) is 28.4 Å². The molecule has 0 aliphatic carbocycles. The Morgan fingerprint density at radius 3 is 2.90 bits per heavy atom. The third-order valence-electron chi connectivity index (χ3n) is 3.97. The van der Waals surface area contributed by atoms with Crippen molar-refractivity contribution in [2.45, 2.75) is 32.4 Å². The highest BCUT2D eigenvalue weighted by Gasteiger charge is 2.39. The molecule has 106 valence electrons. The lowest BCUT2D eigenvalue weighted by molar-refractivity contribution is -0.129. The molecular formula is C16H21N3O. The van der Waals surface area contributed by atoms with Gasteiger partial charge in [0, 0.05) is 41.7 Å². The van der Waals surface area contributed by atoms with E-state index in [1.165, 1.54) is 0 Å². The summed E-state index contributed by atoms with van der Waals surface area (Å²) in [5.41, 5.74) is 8.48. The third kappa shape index (κ3) is 2.10. The molecule has 4 heteroatoms. The predicted molar refractivity (Wildman–Crippen MR) is 80.2 cm³/mol. The highest BCUT2D eigenvalue weighted by Crippen LogP contribution is 2.36. The summed E-state index contributed by atoms with van der Waals surface area (Å²) in [6, 6.07) is 8.03. The van der Waals surface area contributed by atoms with Crippen LogP contribution in [0.3, 0.4) is 0 Å². The number of hydrogen-bond acceptors (Lipinski definition) is 2. The molecule has 2 unspecified atom stereocenters. The summed E-state index contributed by atoms with van der Waals surface area (Å²) in [5.74, 6) is 0.610. The Morgan fingerprint density at radius 2 is 2.15 bits per heavy atom. The molecule has 0 spiro atoms. The molecule has 2 atom stereocenters. The summed E-state index contributed by atoms with van der Waals surface area (Å²) in [7, 11) is 0. The molecule has 1 aliphatic rings. The minimum atomic E-state index is -0.125. The van der Waals surface area contributed by atoms with Gasteiger partial charge in [-0.25, -0.2) is 0 Å². The molecule has 1 aliphatic heterocycles. The number of rotatable bonds is 3. The van der Waals surface area contributed by atoms with Crippen LogP contribution in [0.1, 0.15) is 31.9 Å². The molecule has 1 fully saturated rings. The van der Waals surface area contributed by atoms with Crippen LogP contribution in [0.5, 0.6) is 0 Å². The van der Waals surface area contributed by atoms with Gasteiger partial charge in [-0.15, -0.1) is 0 Å². The number of aromatic nitrogens is 1. The van der Waals surface area contributed by atoms with Gasteiger partial charge in [0.05, 0.1) is 6.04 Å². The van der Waals surface area contributed by atoms with Crippen molar-refractivity contribution in [2.75, 3.05) is 6.54 Å². The van der Waals surface area contributed by atoms with Crippen molar-refractivity contribution in [3.8, 4) is 0 Å². The Bertz CT molecular complexity index is 631. The molecule has 1 saturated heterocycles. The molecule has 1 aromatic carbocycles. The van der Waals surface area contributed by atoms with Gasteiger partial charge in [-0.05, 0) is 12.0 Å². The lowest BCUT2D eigenvalue weighted by Crippen LogP contribution is -2.35. The van der Waals surface area contributed by atoms with E-state index in [1.54, 1.807) is 0 Å². The van der Waals surface area contributed by atoms with Gasteiger partial charge in [0.2, 0.25) is 5.91 Å². The maximum absolute atomic E-state index is 12.2. The first kappa shape index (κ1) is 13.2. The number of fused-ring (bicyclic) bond motifs is 1. The molecule has 4 nitrogen and oxygen atoms in total. The van der Waals surface area contributed by atoms with Crippen LogP contribution in [0.25, 0.3) is 10.9 Å². The lowest BCUT2D eigenvalue weighted by Gasteiger charge is -2.28. The second-order valence-corrected chi connectivity index (χ2v) is 6.04. The van der Waals surface area contributed by atoms with Gasteiger partial charge in [0.25, 0.3) is 0 Å². The number of nitrogens with one attached hydrogen (secondary N) is 1. The average Bonchev–Trinajstić information content (AvgIpc) is 2.92. The summed E-state index contributed by atoms with van der Waals surface area (Å²) in [6.45, 7) is 5.02. The number of para-hydroxylation sites is 1. The lowest BCUT2D eigenvalue weighted by atomic mass is 9.99. The van der Waals surface area contributed by atoms with Gasteiger partial charge in [-0.3, -0.25) is 4.79 Å². The first-order valence-corrected chi connectivity index (χ1v) is 7.19. The van der Waals surface area contributed by atoms with Crippen molar-refractivity contribution in [1.29, 1.82) is 0 Å². The number of aromatic amines is 1. The molecule has 20 heavy (non-hydrogen) atoms. The molecule has 3 N–H and O–H groups in total. The van der Waals surface area contributed by atoms with Crippen LogP contribution in [-0.2, 0) is 4.79 Å². The van der Waals surface area contributed by atoms with Crippen LogP contribution in [0.4, 0.5) is 0 Å². The maximum Gasteiger partial charge on any atom is 0.224 e. The minimum Gasteiger partial charge on any atom is -0.361 e. The third-order valence-corrected chi connectivity index (χ3v) is 3.97. The van der Waals surface area contributed by atoms with E-state index in [9.17, 15) is 4.79 Å². The number of carbonyl (C=O) groups excluding carboxylic acids is 1. The van der Waals surface area contributed by atoms with Crippen molar-refractivity contribution < 1.29 is 4.79 Å². The fourth-order valence-corrected chi connectivity index (χ4v) is 3.16. The molecule has 2 aromatic rings. The van der Waals surface area contributed by atoms with E-state index < -0.39 is 0 Å². The van der Waals surface area contributed by atoms with Crippen LogP contribution in [0.2, 0.25) is 0 Å². The number of H-pyrrole nitrogens is 1. The number of nitrogens with zero attached hydrogens (tertiary/aromatic N) is 1. The Labute approximate surface area is 118 Å². The van der Waals surface area contributed by atoms with E-state index in [2.05, 4.69) is 24.9 Å². The van der Waals surface area contributed by atoms with E-state index in [-0.39, 0.29) is 18.0 Å². The minimum absolute atomic E-state index is 0.0129. The summed E-state index contributed by atoms with van der Waals surface area (Å²) in [4.78, 5) is 17.4. The average molecular weight is 271 g/mol. The second kappa shape index (κ2) is 4.94. The second-order valence-electron chi connectivity index (χ2n) is 6.04. The number of hydrogen-bond donors (Lipinski definition) is 2. The van der Waals surface area contributed by atoms with Crippen LogP contribution >= 0.6 is 0 Å². The molecule has 3 rings (SSSR count). The highest BCUT2D eigenvalue weighted by atomic mass is 16.2. The SMILES string of the molecule is CC(C)CN1C(=O)CC(N)C1c1c[nH]c2ccccc12. The van der Waals surface area contributed by atoms with E-state index in [4.69, 9.17) is 5.73 Å². The van der Waals surface area contributed by atoms with Gasteiger partial charge in [-0.2, -0.15) is 0 Å². The van der Waals surface area contributed by atoms with Crippen molar-refractivity contribution >= 4 is 16.8 Å². The topological polar surface area (TPSA) is 62.1 Å². The summed E-state index contributed by atoms with van der Waals surface area (Å²) in [6.07, 6.45) is 2.44. The summed E-state index contributed by atoms with van der Waals surface area (Å²) in [5, 5.41) is 1.16. The molecular weight excluding hydrogens is 250 g/mol. The zero-order chi connectivity index (χ0) is 14.3. The predicted octanol–water partition coefficient (Wildman–Crippen LogP) is 2.42. The molecule has 0 saturated carbocycles. The number of amides is 1. The monoisotopic (exact) mass is 271 g/mol. The first-order valence-electron chi connectivity index (χ1n) is 7.19. The van der Waals surface area contributed by atoms with Gasteiger partial charge < -0.3 is 15.6 Å². The van der Waals surface area contributed by atoms with Gasteiger partial charge in [0.1, 0.15) is 0 Å². The quantitative estimate of drug-likeness (QED) is 0.900. The molecule has 0 radical (unpaired) electrons. The Kier molecular flexibility index (Phi) is 3.26. The number of likely N-dealkylation sites (tertiary alicyclic amines) is 1. The first-order chi connectivity index (χ1) is 9.58. The van der Waals surface area contributed by atoms with E-state index in [0.29, 0.717) is 12.3 Å². The van der Waals surface area contributed by atoms with Crippen molar-refractivity contribution in [1.82, 2.24) is 9.88 Å². The van der Waals surface area contributed by atoms with Crippen molar-refractivity contribution in [2.24, 2.45) is 11.7 Å². The number of carbonyl (C=O) groups is 1. The highest BCUT2D eigenvalue weighted by molar-refractivity contribution is 5.86. The van der Waals surface area contributed by atoms with Crippen LogP contribution in [0, 0.1) is 5.92 Å².